The van der Waals surface area contributed by atoms with Crippen LogP contribution >= 0.6 is 11.3 Å². The maximum absolute atomic E-state index is 12.9. The third kappa shape index (κ3) is 4.52. The highest BCUT2D eigenvalue weighted by Crippen LogP contribution is 2.24. The van der Waals surface area contributed by atoms with Crippen molar-refractivity contribution in [1.82, 2.24) is 4.90 Å². The molecule has 6 nitrogen and oxygen atoms in total. The van der Waals surface area contributed by atoms with Gasteiger partial charge in [-0.15, -0.1) is 11.3 Å². The van der Waals surface area contributed by atoms with E-state index in [-0.39, 0.29) is 17.7 Å². The molecule has 0 unspecified atom stereocenters. The lowest BCUT2D eigenvalue weighted by atomic mass is 10.1. The van der Waals surface area contributed by atoms with Crippen molar-refractivity contribution >= 4 is 40.4 Å². The van der Waals surface area contributed by atoms with Gasteiger partial charge in [0, 0.05) is 32.4 Å². The quantitative estimate of drug-likeness (QED) is 0.696. The number of nitrogens with zero attached hydrogens (tertiary/aromatic N) is 2. The third-order valence-corrected chi connectivity index (χ3v) is 5.18. The Morgan fingerprint density at radius 2 is 1.62 bits per heavy atom. The molecule has 1 heterocycles. The lowest BCUT2D eigenvalue weighted by Crippen LogP contribution is -2.28. The van der Waals surface area contributed by atoms with Gasteiger partial charge in [-0.05, 0) is 41.8 Å². The minimum absolute atomic E-state index is 0.150. The predicted molar refractivity (Wildman–Crippen MR) is 116 cm³/mol. The van der Waals surface area contributed by atoms with Crippen molar-refractivity contribution < 1.29 is 14.4 Å². The van der Waals surface area contributed by atoms with Gasteiger partial charge in [0.05, 0.1) is 16.1 Å². The molecule has 2 aromatic carbocycles. The second-order valence-electron chi connectivity index (χ2n) is 6.59. The molecule has 7 heteroatoms. The topological polar surface area (TPSA) is 69.7 Å². The summed E-state index contributed by atoms with van der Waals surface area (Å²) in [4.78, 5) is 41.3. The number of rotatable bonds is 5. The molecule has 3 amide bonds. The van der Waals surface area contributed by atoms with Crippen LogP contribution in [0.4, 0.5) is 11.4 Å². The van der Waals surface area contributed by atoms with Gasteiger partial charge in [0.2, 0.25) is 0 Å². The fourth-order valence-electron chi connectivity index (χ4n) is 2.82. The number of thiophene rings is 1. The zero-order chi connectivity index (χ0) is 21.0. The van der Waals surface area contributed by atoms with Gasteiger partial charge in [-0.25, -0.2) is 0 Å². The molecule has 0 saturated carbocycles. The van der Waals surface area contributed by atoms with E-state index in [9.17, 15) is 14.4 Å². The summed E-state index contributed by atoms with van der Waals surface area (Å²) < 4.78 is 0. The normalized spacial score (nSPS) is 10.3. The molecule has 0 aliphatic heterocycles. The number of hydrogen-bond acceptors (Lipinski definition) is 4. The summed E-state index contributed by atoms with van der Waals surface area (Å²) >= 11 is 1.35. The van der Waals surface area contributed by atoms with E-state index in [1.807, 2.05) is 11.4 Å². The van der Waals surface area contributed by atoms with Gasteiger partial charge in [-0.3, -0.25) is 14.4 Å². The van der Waals surface area contributed by atoms with E-state index in [4.69, 9.17) is 0 Å². The highest BCUT2D eigenvalue weighted by molar-refractivity contribution is 7.12. The second-order valence-corrected chi connectivity index (χ2v) is 7.54. The van der Waals surface area contributed by atoms with Gasteiger partial charge in [-0.1, -0.05) is 24.3 Å². The largest absolute Gasteiger partial charge is 0.345 e. The first-order valence-electron chi connectivity index (χ1n) is 8.92. The average molecular weight is 407 g/mol. The fourth-order valence-corrected chi connectivity index (χ4v) is 3.52. The third-order valence-electron chi connectivity index (χ3n) is 4.32. The smallest absolute Gasteiger partial charge is 0.268 e. The minimum atomic E-state index is -0.360. The molecule has 1 N–H and O–H groups in total. The number of anilines is 2. The molecule has 0 radical (unpaired) electrons. The molecular weight excluding hydrogens is 386 g/mol. The lowest BCUT2D eigenvalue weighted by Gasteiger charge is -2.20. The Morgan fingerprint density at radius 3 is 2.31 bits per heavy atom. The Morgan fingerprint density at radius 1 is 0.862 bits per heavy atom. The minimum Gasteiger partial charge on any atom is -0.345 e. The molecule has 0 fully saturated rings. The Labute approximate surface area is 173 Å². The van der Waals surface area contributed by atoms with Crippen LogP contribution in [0.3, 0.4) is 0 Å². The van der Waals surface area contributed by atoms with Crippen LogP contribution in [0.15, 0.2) is 66.0 Å². The van der Waals surface area contributed by atoms with Gasteiger partial charge in [0.15, 0.2) is 0 Å². The Bertz CT molecular complexity index is 1040. The molecule has 3 aromatic rings. The number of para-hydroxylation sites is 1. The van der Waals surface area contributed by atoms with Crippen molar-refractivity contribution in [3.8, 4) is 0 Å². The number of nitrogens with one attached hydrogen (secondary N) is 1. The van der Waals surface area contributed by atoms with Crippen molar-refractivity contribution in [3.63, 3.8) is 0 Å². The summed E-state index contributed by atoms with van der Waals surface area (Å²) in [6.07, 6.45) is 0. The summed E-state index contributed by atoms with van der Waals surface area (Å²) in [6, 6.07) is 17.2. The van der Waals surface area contributed by atoms with Gasteiger partial charge >= 0.3 is 0 Å². The monoisotopic (exact) mass is 407 g/mol. The van der Waals surface area contributed by atoms with Gasteiger partial charge < -0.3 is 15.1 Å². The van der Waals surface area contributed by atoms with E-state index in [0.717, 1.165) is 0 Å². The van der Waals surface area contributed by atoms with E-state index >= 15 is 0 Å². The lowest BCUT2D eigenvalue weighted by molar-refractivity contribution is 0.0827. The summed E-state index contributed by atoms with van der Waals surface area (Å²) in [5.41, 5.74) is 1.85. The van der Waals surface area contributed by atoms with Gasteiger partial charge in [0.25, 0.3) is 17.7 Å². The first-order valence-corrected chi connectivity index (χ1v) is 9.80. The number of carbonyl (C=O) groups excluding carboxylic acids is 3. The molecular formula is C22H21N3O3S. The summed E-state index contributed by atoms with van der Waals surface area (Å²) in [7, 11) is 4.99. The van der Waals surface area contributed by atoms with Crippen LogP contribution < -0.4 is 10.2 Å². The predicted octanol–water partition coefficient (Wildman–Crippen LogP) is 3.98. The molecule has 0 atom stereocenters. The van der Waals surface area contributed by atoms with Crippen LogP contribution in [0.5, 0.6) is 0 Å². The molecule has 0 saturated heterocycles. The molecule has 3 rings (SSSR count). The van der Waals surface area contributed by atoms with E-state index in [0.29, 0.717) is 27.4 Å². The highest BCUT2D eigenvalue weighted by Gasteiger charge is 2.20. The highest BCUT2D eigenvalue weighted by atomic mass is 32.1. The van der Waals surface area contributed by atoms with Crippen molar-refractivity contribution in [2.45, 2.75) is 0 Å². The molecule has 0 bridgehead atoms. The Balaban J connectivity index is 1.85. The van der Waals surface area contributed by atoms with Crippen LogP contribution in [0.2, 0.25) is 0 Å². The maximum atomic E-state index is 12.9. The molecule has 1 aromatic heterocycles. The van der Waals surface area contributed by atoms with E-state index < -0.39 is 0 Å². The van der Waals surface area contributed by atoms with E-state index in [2.05, 4.69) is 5.32 Å². The molecule has 0 spiro atoms. The van der Waals surface area contributed by atoms with Crippen molar-refractivity contribution in [1.29, 1.82) is 0 Å². The van der Waals surface area contributed by atoms with Crippen LogP contribution in [-0.4, -0.2) is 43.8 Å². The Hall–Kier alpha value is -3.45. The SMILES string of the molecule is CN(C)C(=O)c1cccc(NC(=O)c2ccccc2N(C)C(=O)c2cccs2)c1. The van der Waals surface area contributed by atoms with E-state index in [1.165, 1.54) is 21.1 Å². The van der Waals surface area contributed by atoms with Crippen molar-refractivity contribution in [3.05, 3.63) is 82.0 Å². The average Bonchev–Trinajstić information content (AvgIpc) is 3.27. The zero-order valence-corrected chi connectivity index (χ0v) is 17.2. The molecule has 0 aliphatic rings. The summed E-state index contributed by atoms with van der Waals surface area (Å²) in [5, 5.41) is 4.65. The number of benzene rings is 2. The van der Waals surface area contributed by atoms with E-state index in [1.54, 1.807) is 75.7 Å². The zero-order valence-electron chi connectivity index (χ0n) is 16.4. The molecule has 29 heavy (non-hydrogen) atoms. The molecule has 0 aliphatic carbocycles. The first kappa shape index (κ1) is 20.3. The fraction of sp³-hybridized carbons (Fsp3) is 0.136. The second kappa shape index (κ2) is 8.70. The van der Waals surface area contributed by atoms with Crippen molar-refractivity contribution in [2.75, 3.05) is 31.4 Å². The number of carbonyl (C=O) groups is 3. The van der Waals surface area contributed by atoms with Crippen LogP contribution in [0, 0.1) is 0 Å². The standard InChI is InChI=1S/C22H21N3O3S/c1-24(2)21(27)15-8-6-9-16(14-15)23-20(26)17-10-4-5-11-18(17)25(3)22(28)19-12-7-13-29-19/h4-14H,1-3H3,(H,23,26). The summed E-state index contributed by atoms with van der Waals surface area (Å²) in [5.74, 6) is -0.692. The maximum Gasteiger partial charge on any atom is 0.268 e. The number of hydrogen-bond donors (Lipinski definition) is 1. The van der Waals surface area contributed by atoms with Gasteiger partial charge in [0.1, 0.15) is 0 Å². The Kier molecular flexibility index (Phi) is 6.09. The summed E-state index contributed by atoms with van der Waals surface area (Å²) in [6.45, 7) is 0. The van der Waals surface area contributed by atoms with Crippen LogP contribution in [-0.2, 0) is 0 Å². The van der Waals surface area contributed by atoms with Crippen molar-refractivity contribution in [2.24, 2.45) is 0 Å². The number of amides is 3. The first-order chi connectivity index (χ1) is 13.9. The van der Waals surface area contributed by atoms with Gasteiger partial charge in [-0.2, -0.15) is 0 Å². The molecule has 148 valence electrons. The van der Waals surface area contributed by atoms with Crippen LogP contribution in [0.1, 0.15) is 30.4 Å². The van der Waals surface area contributed by atoms with Crippen LogP contribution in [0.25, 0.3) is 0 Å².